The van der Waals surface area contributed by atoms with Gasteiger partial charge in [-0.3, -0.25) is 9.56 Å². The Balaban J connectivity index is 2.34. The molecule has 2 rings (SSSR count). The highest BCUT2D eigenvalue weighted by molar-refractivity contribution is 7.52. The molecule has 6 nitrogen and oxygen atoms in total. The standard InChI is InChI=1S/C13H14N3O3P/c14-16-13-7-6-12(8-10(13)9-20(17,18)19)15-11-4-2-1-3-5-11/h1-5,8H,6-7,9H2,(H2,17,18,19). The number of nitrogens with zero attached hydrogens (tertiary/aromatic N) is 3. The molecule has 0 aliphatic heterocycles. The molecule has 0 fully saturated rings. The monoisotopic (exact) mass is 291 g/mol. The SMILES string of the molecule is [N-]=[N+]=C1CCC(=Nc2ccccc2)C=C1CP(=O)(O)O. The lowest BCUT2D eigenvalue weighted by molar-refractivity contribution is -0.00731. The lowest BCUT2D eigenvalue weighted by Crippen LogP contribution is -2.17. The highest BCUT2D eigenvalue weighted by atomic mass is 31.2. The van der Waals surface area contributed by atoms with Crippen molar-refractivity contribution in [2.75, 3.05) is 6.16 Å². The average molecular weight is 291 g/mol. The first-order chi connectivity index (χ1) is 9.48. The van der Waals surface area contributed by atoms with Gasteiger partial charge in [0.05, 0.1) is 23.8 Å². The predicted octanol–water partition coefficient (Wildman–Crippen LogP) is 2.33. The number of rotatable bonds is 3. The minimum Gasteiger partial charge on any atom is -0.361 e. The first-order valence-electron chi connectivity index (χ1n) is 6.07. The molecule has 104 valence electrons. The number of hydrogen-bond acceptors (Lipinski definition) is 2. The molecule has 0 saturated carbocycles. The molecule has 0 heterocycles. The van der Waals surface area contributed by atoms with Gasteiger partial charge in [0.1, 0.15) is 0 Å². The van der Waals surface area contributed by atoms with E-state index in [1.54, 1.807) is 6.08 Å². The summed E-state index contributed by atoms with van der Waals surface area (Å²) >= 11 is 0. The van der Waals surface area contributed by atoms with E-state index < -0.39 is 13.8 Å². The molecule has 1 aliphatic rings. The van der Waals surface area contributed by atoms with Crippen LogP contribution in [0.3, 0.4) is 0 Å². The van der Waals surface area contributed by atoms with E-state index in [9.17, 15) is 4.57 Å². The topological polar surface area (TPSA) is 106 Å². The van der Waals surface area contributed by atoms with Gasteiger partial charge in [0, 0.05) is 12.1 Å². The summed E-state index contributed by atoms with van der Waals surface area (Å²) in [6, 6.07) is 9.31. The van der Waals surface area contributed by atoms with Crippen LogP contribution in [-0.2, 0) is 4.57 Å². The summed E-state index contributed by atoms with van der Waals surface area (Å²) in [5.74, 6) is 0. The molecular formula is C13H14N3O3P. The van der Waals surface area contributed by atoms with Crippen molar-refractivity contribution in [3.8, 4) is 0 Å². The van der Waals surface area contributed by atoms with Crippen LogP contribution in [0.4, 0.5) is 5.69 Å². The maximum absolute atomic E-state index is 11.1. The molecule has 1 aromatic carbocycles. The number of para-hydroxylation sites is 1. The van der Waals surface area contributed by atoms with Crippen LogP contribution in [0.25, 0.3) is 5.53 Å². The van der Waals surface area contributed by atoms with Gasteiger partial charge >= 0.3 is 7.60 Å². The minimum atomic E-state index is -4.21. The molecule has 2 N–H and O–H groups in total. The Bertz CT molecular complexity index is 655. The molecule has 0 aromatic heterocycles. The Kier molecular flexibility index (Phi) is 4.42. The third-order valence-corrected chi connectivity index (χ3v) is 3.61. The van der Waals surface area contributed by atoms with Crippen molar-refractivity contribution < 1.29 is 19.1 Å². The van der Waals surface area contributed by atoms with E-state index in [2.05, 4.69) is 9.78 Å². The zero-order chi connectivity index (χ0) is 14.6. The maximum atomic E-state index is 11.1. The van der Waals surface area contributed by atoms with Crippen LogP contribution < -0.4 is 0 Å². The summed E-state index contributed by atoms with van der Waals surface area (Å²) in [6.45, 7) is 0. The van der Waals surface area contributed by atoms with Crippen molar-refractivity contribution in [3.63, 3.8) is 0 Å². The van der Waals surface area contributed by atoms with Gasteiger partial charge in [-0.2, -0.15) is 4.79 Å². The molecule has 0 atom stereocenters. The van der Waals surface area contributed by atoms with Gasteiger partial charge in [-0.15, -0.1) is 0 Å². The lowest BCUT2D eigenvalue weighted by atomic mass is 9.97. The van der Waals surface area contributed by atoms with E-state index in [1.807, 2.05) is 30.3 Å². The smallest absolute Gasteiger partial charge is 0.330 e. The summed E-state index contributed by atoms with van der Waals surface area (Å²) in [7, 11) is -4.21. The van der Waals surface area contributed by atoms with Crippen molar-refractivity contribution in [3.05, 3.63) is 47.5 Å². The molecule has 0 unspecified atom stereocenters. The van der Waals surface area contributed by atoms with Gasteiger partial charge in [-0.05, 0) is 18.2 Å². The fraction of sp³-hybridized carbons (Fsp3) is 0.231. The average Bonchev–Trinajstić information content (AvgIpc) is 2.38. The second kappa shape index (κ2) is 6.07. The maximum Gasteiger partial charge on any atom is 0.330 e. The third kappa shape index (κ3) is 4.08. The zero-order valence-corrected chi connectivity index (χ0v) is 11.6. The molecule has 20 heavy (non-hydrogen) atoms. The van der Waals surface area contributed by atoms with Crippen molar-refractivity contribution in [2.45, 2.75) is 12.8 Å². The molecule has 0 spiro atoms. The number of allylic oxidation sites excluding steroid dienone is 2. The van der Waals surface area contributed by atoms with Crippen molar-refractivity contribution in [1.82, 2.24) is 0 Å². The van der Waals surface area contributed by atoms with Crippen LogP contribution in [0, 0.1) is 0 Å². The van der Waals surface area contributed by atoms with E-state index in [4.69, 9.17) is 15.3 Å². The Morgan fingerprint density at radius 2 is 1.95 bits per heavy atom. The Labute approximate surface area is 116 Å². The molecule has 7 heteroatoms. The lowest BCUT2D eigenvalue weighted by Gasteiger charge is -2.11. The van der Waals surface area contributed by atoms with Crippen LogP contribution in [0.15, 0.2) is 47.0 Å². The summed E-state index contributed by atoms with van der Waals surface area (Å²) < 4.78 is 11.1. The molecule has 0 bridgehead atoms. The van der Waals surface area contributed by atoms with Crippen molar-refractivity contribution >= 4 is 24.7 Å². The van der Waals surface area contributed by atoms with Crippen molar-refractivity contribution in [2.24, 2.45) is 4.99 Å². The largest absolute Gasteiger partial charge is 0.361 e. The third-order valence-electron chi connectivity index (χ3n) is 2.86. The number of aliphatic imine (C=N–C) groups is 1. The van der Waals surface area contributed by atoms with Gasteiger partial charge in [0.25, 0.3) is 5.71 Å². The van der Waals surface area contributed by atoms with E-state index in [0.717, 1.165) is 5.69 Å². The fourth-order valence-corrected chi connectivity index (χ4v) is 2.71. The molecule has 0 radical (unpaired) electrons. The van der Waals surface area contributed by atoms with Gasteiger partial charge in [0.2, 0.25) is 0 Å². The summed E-state index contributed by atoms with van der Waals surface area (Å²) in [5.41, 5.74) is 11.0. The van der Waals surface area contributed by atoms with E-state index in [1.165, 1.54) is 0 Å². The van der Waals surface area contributed by atoms with Crippen molar-refractivity contribution in [1.29, 1.82) is 0 Å². The molecule has 1 aliphatic carbocycles. The highest BCUT2D eigenvalue weighted by Crippen LogP contribution is 2.38. The van der Waals surface area contributed by atoms with Gasteiger partial charge < -0.3 is 15.3 Å². The second-order valence-electron chi connectivity index (χ2n) is 4.48. The van der Waals surface area contributed by atoms with Crippen LogP contribution in [-0.4, -0.2) is 32.2 Å². The Morgan fingerprint density at radius 1 is 1.25 bits per heavy atom. The zero-order valence-electron chi connectivity index (χ0n) is 10.7. The van der Waals surface area contributed by atoms with E-state index >= 15 is 0 Å². The summed E-state index contributed by atoms with van der Waals surface area (Å²) in [6.07, 6.45) is 2.12. The Hall–Kier alpha value is -1.84. The fourth-order valence-electron chi connectivity index (χ4n) is 1.99. The van der Waals surface area contributed by atoms with Crippen LogP contribution in [0.2, 0.25) is 0 Å². The second-order valence-corrected chi connectivity index (χ2v) is 6.12. The first kappa shape index (κ1) is 14.6. The molecule has 1 aromatic rings. The molecule has 0 saturated heterocycles. The highest BCUT2D eigenvalue weighted by Gasteiger charge is 2.28. The minimum absolute atomic E-state index is 0.306. The van der Waals surface area contributed by atoms with Gasteiger partial charge in [0.15, 0.2) is 0 Å². The summed E-state index contributed by atoms with van der Waals surface area (Å²) in [4.78, 5) is 25.6. The quantitative estimate of drug-likeness (QED) is 0.507. The Morgan fingerprint density at radius 3 is 2.55 bits per heavy atom. The molecule has 0 amide bonds. The normalized spacial score (nSPS) is 17.8. The number of benzene rings is 1. The van der Waals surface area contributed by atoms with E-state index in [0.29, 0.717) is 29.8 Å². The van der Waals surface area contributed by atoms with Crippen LogP contribution in [0.1, 0.15) is 12.8 Å². The van der Waals surface area contributed by atoms with Gasteiger partial charge in [-0.25, -0.2) is 0 Å². The van der Waals surface area contributed by atoms with E-state index in [-0.39, 0.29) is 0 Å². The van der Waals surface area contributed by atoms with Gasteiger partial charge in [-0.1, -0.05) is 18.2 Å². The van der Waals surface area contributed by atoms with Crippen LogP contribution in [0.5, 0.6) is 0 Å². The predicted molar refractivity (Wildman–Crippen MR) is 76.4 cm³/mol. The first-order valence-corrected chi connectivity index (χ1v) is 7.87. The molecular weight excluding hydrogens is 277 g/mol. The summed E-state index contributed by atoms with van der Waals surface area (Å²) in [5, 5.41) is 0. The number of hydrogen-bond donors (Lipinski definition) is 2. The van der Waals surface area contributed by atoms with Crippen LogP contribution >= 0.6 is 7.60 Å².